The van der Waals surface area contributed by atoms with Gasteiger partial charge in [-0.2, -0.15) is 0 Å². The quantitative estimate of drug-likeness (QED) is 0.138. The number of carbonyl (C=O) groups is 1. The van der Waals surface area contributed by atoms with Gasteiger partial charge < -0.3 is 14.5 Å². The molecule has 0 unspecified atom stereocenters. The minimum Gasteiger partial charge on any atom is -0.726 e. The van der Waals surface area contributed by atoms with Crippen molar-refractivity contribution in [3.63, 3.8) is 0 Å². The largest absolute Gasteiger partial charge is 2.00 e. The van der Waals surface area contributed by atoms with Gasteiger partial charge in [0.25, 0.3) is 0 Å². The molecule has 0 aromatic carbocycles. The van der Waals surface area contributed by atoms with Gasteiger partial charge in [0.15, 0.2) is 0 Å². The molecule has 0 spiro atoms. The molecule has 0 fully saturated rings. The van der Waals surface area contributed by atoms with Crippen LogP contribution in [-0.4, -0.2) is 63.3 Å². The van der Waals surface area contributed by atoms with Gasteiger partial charge in [-0.1, -0.05) is 83.5 Å². The van der Waals surface area contributed by atoms with Crippen LogP contribution >= 0.6 is 0 Å². The molecule has 26 heavy (non-hydrogen) atoms. The van der Waals surface area contributed by atoms with Crippen molar-refractivity contribution in [2.75, 3.05) is 6.61 Å². The van der Waals surface area contributed by atoms with E-state index in [9.17, 15) is 22.9 Å². The van der Waals surface area contributed by atoms with Crippen molar-refractivity contribution in [1.29, 1.82) is 0 Å². The third-order valence-corrected chi connectivity index (χ3v) is 4.71. The van der Waals surface area contributed by atoms with Crippen LogP contribution in [0.4, 0.5) is 0 Å². The molecule has 0 saturated carbocycles. The van der Waals surface area contributed by atoms with Crippen molar-refractivity contribution in [1.82, 2.24) is 0 Å². The third-order valence-electron chi connectivity index (χ3n) is 4.25. The van der Waals surface area contributed by atoms with Crippen LogP contribution in [0.3, 0.4) is 0 Å². The van der Waals surface area contributed by atoms with E-state index in [1.807, 2.05) is 0 Å². The number of rotatable bonds is 19. The number of aliphatic carboxylic acids is 1. The predicted octanol–water partition coefficient (Wildman–Crippen LogP) is 3.07. The zero-order valence-corrected chi connectivity index (χ0v) is 19.1. The summed E-state index contributed by atoms with van der Waals surface area (Å²) in [5.41, 5.74) is 0. The van der Waals surface area contributed by atoms with E-state index >= 15 is 0 Å². The van der Waals surface area contributed by atoms with Gasteiger partial charge in [0.05, 0.1) is 6.61 Å². The molecule has 0 heterocycles. The molecule has 0 bridgehead atoms. The maximum absolute atomic E-state index is 10.2. The third kappa shape index (κ3) is 26.8. The summed E-state index contributed by atoms with van der Waals surface area (Å²) < 4.78 is 34.8. The Labute approximate surface area is 189 Å². The van der Waals surface area contributed by atoms with E-state index in [4.69, 9.17) is 0 Å². The molecule has 0 aromatic rings. The summed E-state index contributed by atoms with van der Waals surface area (Å²) in [6, 6.07) is 0. The van der Waals surface area contributed by atoms with Crippen LogP contribution in [0.1, 0.15) is 103 Å². The van der Waals surface area contributed by atoms with Gasteiger partial charge in [0.1, 0.15) is 0 Å². The Kier molecular flexibility index (Phi) is 22.5. The van der Waals surface area contributed by atoms with E-state index in [2.05, 4.69) is 4.18 Å². The molecule has 0 atom stereocenters. The average molecular weight is 419 g/mol. The molecule has 0 aliphatic rings. The maximum atomic E-state index is 10.2. The van der Waals surface area contributed by atoms with E-state index in [1.54, 1.807) is 0 Å². The fraction of sp³-hybridized carbons (Fsp3) is 0.944. The van der Waals surface area contributed by atoms with Crippen LogP contribution in [-0.2, 0) is 19.4 Å². The smallest absolute Gasteiger partial charge is 0.726 e. The van der Waals surface area contributed by atoms with Crippen LogP contribution in [0.25, 0.3) is 0 Å². The Morgan fingerprint density at radius 3 is 1.27 bits per heavy atom. The molecule has 0 aliphatic heterocycles. The van der Waals surface area contributed by atoms with Crippen molar-refractivity contribution < 1.29 is 27.1 Å². The number of hydrogen-bond donors (Lipinski definition) is 0. The first kappa shape index (κ1) is 28.8. The summed E-state index contributed by atoms with van der Waals surface area (Å²) in [5, 5.41) is 10.2. The number of hydrogen-bond acceptors (Lipinski definition) is 6. The molecule has 150 valence electrons. The van der Waals surface area contributed by atoms with Crippen LogP contribution in [0.5, 0.6) is 0 Å². The van der Waals surface area contributed by atoms with Crippen molar-refractivity contribution in [2.24, 2.45) is 0 Å². The molecule has 0 aromatic heterocycles. The summed E-state index contributed by atoms with van der Waals surface area (Å²) in [6.07, 6.45) is 16.8. The Hall–Kier alpha value is 0.600. The Morgan fingerprint density at radius 1 is 0.654 bits per heavy atom. The first-order valence-electron chi connectivity index (χ1n) is 9.72. The van der Waals surface area contributed by atoms with Gasteiger partial charge in [-0.3, -0.25) is 4.18 Å². The van der Waals surface area contributed by atoms with Gasteiger partial charge in [-0.05, 0) is 19.3 Å². The van der Waals surface area contributed by atoms with E-state index in [-0.39, 0.29) is 50.8 Å². The average Bonchev–Trinajstić information content (AvgIpc) is 2.52. The number of carbonyl (C=O) groups excluding carboxylic acids is 1. The standard InChI is InChI=1S/C18H36O6S.Ca/c19-18(20)16-14-12-10-8-6-4-2-1-3-5-7-9-11-13-15-17-24-25(21,22)23;/h1-17H2,(H,19,20)(H,21,22,23);/q;+2/p-2. The molecule has 0 N–H and O–H groups in total. The summed E-state index contributed by atoms with van der Waals surface area (Å²) in [7, 11) is -4.52. The molecular formula is C18H34CaO6S. The Bertz CT molecular complexity index is 414. The van der Waals surface area contributed by atoms with Gasteiger partial charge in [-0.15, -0.1) is 0 Å². The first-order valence-corrected chi connectivity index (χ1v) is 11.1. The minimum atomic E-state index is -4.52. The zero-order chi connectivity index (χ0) is 18.8. The molecule has 0 rings (SSSR count). The van der Waals surface area contributed by atoms with Crippen LogP contribution < -0.4 is 5.11 Å². The van der Waals surface area contributed by atoms with Crippen molar-refractivity contribution in [3.8, 4) is 0 Å². The number of carboxylic acid groups (broad SMARTS) is 1. The van der Waals surface area contributed by atoms with Crippen LogP contribution in [0, 0.1) is 0 Å². The van der Waals surface area contributed by atoms with Gasteiger partial charge >= 0.3 is 37.7 Å². The van der Waals surface area contributed by atoms with Crippen LogP contribution in [0.15, 0.2) is 0 Å². The minimum absolute atomic E-state index is 0. The van der Waals surface area contributed by atoms with Crippen molar-refractivity contribution >= 4 is 54.1 Å². The second-order valence-electron chi connectivity index (χ2n) is 6.66. The predicted molar refractivity (Wildman–Crippen MR) is 100 cm³/mol. The summed E-state index contributed by atoms with van der Waals surface area (Å²) >= 11 is 0. The van der Waals surface area contributed by atoms with Gasteiger partial charge in [0, 0.05) is 5.97 Å². The van der Waals surface area contributed by atoms with E-state index in [1.165, 1.54) is 51.4 Å². The number of unbranched alkanes of at least 4 members (excludes halogenated alkanes) is 14. The summed E-state index contributed by atoms with van der Waals surface area (Å²) in [6.45, 7) is 0.00258. The van der Waals surface area contributed by atoms with E-state index < -0.39 is 16.4 Å². The molecule has 0 aliphatic carbocycles. The normalized spacial score (nSPS) is 11.3. The molecule has 6 nitrogen and oxygen atoms in total. The van der Waals surface area contributed by atoms with E-state index in [0.29, 0.717) is 6.42 Å². The topological polar surface area (TPSA) is 107 Å². The van der Waals surface area contributed by atoms with Crippen LogP contribution in [0.2, 0.25) is 0 Å². The molecule has 0 radical (unpaired) electrons. The van der Waals surface area contributed by atoms with E-state index in [0.717, 1.165) is 38.5 Å². The molecule has 0 saturated heterocycles. The first-order chi connectivity index (χ1) is 11.9. The molecule has 8 heteroatoms. The fourth-order valence-corrected chi connectivity index (χ4v) is 3.15. The Balaban J connectivity index is 0. The second kappa shape index (κ2) is 20.3. The summed E-state index contributed by atoms with van der Waals surface area (Å²) in [4.78, 5) is 10.2. The van der Waals surface area contributed by atoms with Crippen molar-refractivity contribution in [3.05, 3.63) is 0 Å². The molecular weight excluding hydrogens is 384 g/mol. The number of carboxylic acids is 1. The van der Waals surface area contributed by atoms with Gasteiger partial charge in [-0.25, -0.2) is 8.42 Å². The fourth-order valence-electron chi connectivity index (χ4n) is 2.83. The monoisotopic (exact) mass is 418 g/mol. The summed E-state index contributed by atoms with van der Waals surface area (Å²) in [5.74, 6) is -0.941. The molecule has 0 amide bonds. The van der Waals surface area contributed by atoms with Crippen molar-refractivity contribution in [2.45, 2.75) is 103 Å². The zero-order valence-electron chi connectivity index (χ0n) is 16.1. The SMILES string of the molecule is O=C([O-])CCCCCCCCCCCCCCCCCOS(=O)(=O)[O-].[Ca+2]. The Morgan fingerprint density at radius 2 is 0.962 bits per heavy atom. The maximum Gasteiger partial charge on any atom is 2.00 e. The van der Waals surface area contributed by atoms with Gasteiger partial charge in [0.2, 0.25) is 10.4 Å². The second-order valence-corrected chi connectivity index (χ2v) is 7.71.